The smallest absolute Gasteiger partial charge is 0.310 e. The Morgan fingerprint density at radius 1 is 0.356 bits per heavy atom. The zero-order valence-corrected chi connectivity index (χ0v) is 71.8. The second kappa shape index (κ2) is 63.8. The van der Waals surface area contributed by atoms with Gasteiger partial charge in [-0.1, -0.05) is 431 Å². The van der Waals surface area contributed by atoms with Crippen LogP contribution in [0.25, 0.3) is 0 Å². The van der Waals surface area contributed by atoms with E-state index in [1.807, 2.05) is 0 Å². The minimum Gasteiger partial charge on any atom is -0.481 e. The molecule has 6 heteroatoms. The van der Waals surface area contributed by atoms with Crippen molar-refractivity contribution in [3.05, 3.63) is 0 Å². The van der Waals surface area contributed by atoms with Crippen molar-refractivity contribution in [2.75, 3.05) is 26.2 Å². The van der Waals surface area contributed by atoms with Crippen molar-refractivity contribution in [1.82, 2.24) is 4.90 Å². The van der Waals surface area contributed by atoms with Crippen LogP contribution in [-0.4, -0.2) is 59.4 Å². The lowest BCUT2D eigenvalue weighted by Crippen LogP contribution is -2.73. The van der Waals surface area contributed by atoms with Crippen molar-refractivity contribution in [3.63, 3.8) is 0 Å². The first-order valence-electron chi connectivity index (χ1n) is 46.8. The third-order valence-corrected chi connectivity index (χ3v) is 27.3. The van der Waals surface area contributed by atoms with Gasteiger partial charge < -0.3 is 19.8 Å². The minimum absolute atomic E-state index is 0.0222. The van der Waals surface area contributed by atoms with E-state index < -0.39 is 16.8 Å². The highest BCUT2D eigenvalue weighted by molar-refractivity contribution is 5.77. The van der Waals surface area contributed by atoms with Crippen molar-refractivity contribution in [3.8, 4) is 0 Å². The molecule has 0 spiro atoms. The minimum atomic E-state index is -0.961. The number of aliphatic carboxylic acids is 1. The second-order valence-electron chi connectivity index (χ2n) is 35.3. The first-order valence-corrected chi connectivity index (χ1v) is 46.8. The van der Waals surface area contributed by atoms with Crippen LogP contribution in [0.15, 0.2) is 0 Å². The maximum atomic E-state index is 17.1. The lowest BCUT2D eigenvalue weighted by molar-refractivity contribution is -0.278. The Morgan fingerprint density at radius 2 is 0.663 bits per heavy atom. The molecular weight excluding hydrogens is 1240 g/mol. The van der Waals surface area contributed by atoms with Gasteiger partial charge in [0.25, 0.3) is 0 Å². The number of carboxylic acids is 1. The molecule has 8 atom stereocenters. The summed E-state index contributed by atoms with van der Waals surface area (Å²) in [5.74, 6) is 2.22. The van der Waals surface area contributed by atoms with E-state index in [0.29, 0.717) is 36.6 Å². The molecule has 1 saturated carbocycles. The fourth-order valence-corrected chi connectivity index (χ4v) is 21.9. The topological polar surface area (TPSA) is 87.1 Å². The Bertz CT molecular complexity index is 1760. The van der Waals surface area contributed by atoms with Gasteiger partial charge in [-0.15, -0.1) is 0 Å². The number of carbonyl (C=O) groups excluding carboxylic acids is 1. The summed E-state index contributed by atoms with van der Waals surface area (Å²) in [5.41, 5.74) is -1.78. The largest absolute Gasteiger partial charge is 0.481 e. The molecule has 6 nitrogen and oxygen atoms in total. The SMILES string of the molecule is CCCCCCCCC(C)C(CCCN(CCO)CCCC(=O)OC1CCC(CCCCC)CC1)C(C(C)CCCCCCCC)(C(C)CCCCCCCC)C(C(C)CCCCCCCC)(C(C)CCCCCCCC)C(C(=O)O)(C(C)CCCCCCCC)C(C)CCCCCCCC. The quantitative estimate of drug-likeness (QED) is 0.0466. The molecule has 0 amide bonds. The van der Waals surface area contributed by atoms with Gasteiger partial charge in [0.05, 0.1) is 12.0 Å². The lowest BCUT2D eigenvalue weighted by atomic mass is 9.29. The van der Waals surface area contributed by atoms with E-state index in [2.05, 4.69) is 109 Å². The van der Waals surface area contributed by atoms with Crippen LogP contribution >= 0.6 is 0 Å². The van der Waals surface area contributed by atoms with E-state index in [1.54, 1.807) is 0 Å². The van der Waals surface area contributed by atoms with Gasteiger partial charge in [-0.3, -0.25) is 9.59 Å². The zero-order chi connectivity index (χ0) is 74.7. The second-order valence-corrected chi connectivity index (χ2v) is 35.3. The first kappa shape index (κ1) is 97.9. The molecule has 1 aliphatic rings. The number of carboxylic acid groups (broad SMARTS) is 1. The standard InChI is InChI=1S/C95H187NO5/c1-16-24-32-39-46-54-63-81(9)90(71-61-77-96(79-80-97)78-62-72-91(98)101-89-75-73-88(74-76-89)70-53-31-23-8)93(82(10)64-55-47-40-33-25-17-2,83(11)65-56-48-41-34-26-18-3)95(86(14)68-59-51-44-37-29-21-6,87(15)69-60-52-45-38-30-22-7)94(92(99)100,84(12)66-57-49-42-35-27-19-4)85(13)67-58-50-43-36-28-20-5/h81-90,97H,16-80H2,1-15H3,(H,99,100). The van der Waals surface area contributed by atoms with Crippen LogP contribution in [0, 0.1) is 69.5 Å². The highest BCUT2D eigenvalue weighted by Gasteiger charge is 2.75. The monoisotopic (exact) mass is 1420 g/mol. The van der Waals surface area contributed by atoms with E-state index in [9.17, 15) is 15.0 Å². The van der Waals surface area contributed by atoms with Crippen molar-refractivity contribution >= 4 is 11.9 Å². The van der Waals surface area contributed by atoms with Gasteiger partial charge in [0, 0.05) is 13.0 Å². The summed E-state index contributed by atoms with van der Waals surface area (Å²) in [5, 5.41) is 25.0. The predicted molar refractivity (Wildman–Crippen MR) is 446 cm³/mol. The van der Waals surface area contributed by atoms with E-state index in [1.165, 1.54) is 315 Å². The van der Waals surface area contributed by atoms with Crippen LogP contribution in [0.4, 0.5) is 0 Å². The molecule has 101 heavy (non-hydrogen) atoms. The molecule has 2 N–H and O–H groups in total. The number of ether oxygens (including phenoxy) is 1. The molecule has 0 aromatic rings. The van der Waals surface area contributed by atoms with Gasteiger partial charge >= 0.3 is 11.9 Å². The third-order valence-electron chi connectivity index (χ3n) is 27.3. The maximum Gasteiger partial charge on any atom is 0.310 e. The molecule has 1 rings (SSSR count). The van der Waals surface area contributed by atoms with Gasteiger partial charge in [-0.25, -0.2) is 0 Å². The number of aliphatic hydroxyl groups is 1. The fraction of sp³-hybridized carbons (Fsp3) is 0.979. The molecule has 0 saturated heterocycles. The van der Waals surface area contributed by atoms with Gasteiger partial charge in [0.2, 0.25) is 0 Å². The summed E-state index contributed by atoms with van der Waals surface area (Å²) in [6, 6.07) is 0. The fourth-order valence-electron chi connectivity index (χ4n) is 21.9. The van der Waals surface area contributed by atoms with Gasteiger partial charge in [-0.05, 0) is 135 Å². The third kappa shape index (κ3) is 36.8. The van der Waals surface area contributed by atoms with Crippen LogP contribution in [0.1, 0.15) is 496 Å². The van der Waals surface area contributed by atoms with Crippen LogP contribution in [0.5, 0.6) is 0 Å². The number of esters is 1. The molecule has 0 bridgehead atoms. The molecule has 0 aromatic carbocycles. The molecular formula is C95H187NO5. The molecule has 0 aliphatic heterocycles. The van der Waals surface area contributed by atoms with E-state index >= 15 is 4.79 Å². The number of hydrogen-bond acceptors (Lipinski definition) is 5. The molecule has 0 radical (unpaired) electrons. The number of nitrogens with zero attached hydrogens (tertiary/aromatic N) is 1. The Balaban J connectivity index is 5.01. The van der Waals surface area contributed by atoms with Gasteiger partial charge in [0.15, 0.2) is 0 Å². The molecule has 0 heterocycles. The summed E-state index contributed by atoms with van der Waals surface area (Å²) in [7, 11) is 0. The van der Waals surface area contributed by atoms with Crippen molar-refractivity contribution in [1.29, 1.82) is 0 Å². The lowest BCUT2D eigenvalue weighted by Gasteiger charge is -2.74. The van der Waals surface area contributed by atoms with Gasteiger partial charge in [-0.2, -0.15) is 0 Å². The average molecular weight is 1420 g/mol. The van der Waals surface area contributed by atoms with Crippen LogP contribution in [-0.2, 0) is 14.3 Å². The predicted octanol–water partition coefficient (Wildman–Crippen LogP) is 30.9. The summed E-state index contributed by atoms with van der Waals surface area (Å²) in [6.45, 7) is 40.3. The van der Waals surface area contributed by atoms with E-state index in [4.69, 9.17) is 4.74 Å². The summed E-state index contributed by atoms with van der Waals surface area (Å²) >= 11 is 0. The van der Waals surface area contributed by atoms with Crippen molar-refractivity contribution in [2.24, 2.45) is 69.5 Å². The summed E-state index contributed by atoms with van der Waals surface area (Å²) < 4.78 is 6.27. The number of aliphatic hydroxyl groups excluding tert-OH is 1. The Kier molecular flexibility index (Phi) is 61.8. The summed E-state index contributed by atoms with van der Waals surface area (Å²) in [4.78, 5) is 33.4. The van der Waals surface area contributed by atoms with Crippen molar-refractivity contribution < 1.29 is 24.5 Å². The molecule has 0 aromatic heterocycles. The Hall–Kier alpha value is -1.14. The molecule has 602 valence electrons. The average Bonchev–Trinajstić information content (AvgIpc) is 0.668. The van der Waals surface area contributed by atoms with E-state index in [-0.39, 0.29) is 47.8 Å². The number of hydrogen-bond donors (Lipinski definition) is 2. The van der Waals surface area contributed by atoms with E-state index in [0.717, 1.165) is 89.6 Å². The molecule has 1 fully saturated rings. The molecule has 8 unspecified atom stereocenters. The van der Waals surface area contributed by atoms with Crippen LogP contribution in [0.2, 0.25) is 0 Å². The number of carbonyl (C=O) groups is 2. The molecule has 1 aliphatic carbocycles. The highest BCUT2D eigenvalue weighted by Crippen LogP contribution is 2.77. The van der Waals surface area contributed by atoms with Gasteiger partial charge in [0.1, 0.15) is 6.10 Å². The number of unbranched alkanes of at least 4 members (excludes halogenated alkanes) is 37. The zero-order valence-electron chi connectivity index (χ0n) is 71.8. The Labute approximate surface area is 635 Å². The highest BCUT2D eigenvalue weighted by atomic mass is 16.5. The van der Waals surface area contributed by atoms with Crippen molar-refractivity contribution in [2.45, 2.75) is 502 Å². The normalized spacial score (nSPS) is 18.7. The first-order chi connectivity index (χ1) is 49.0. The Morgan fingerprint density at radius 3 is 1.01 bits per heavy atom. The van der Waals surface area contributed by atoms with Crippen LogP contribution in [0.3, 0.4) is 0 Å². The summed E-state index contributed by atoms with van der Waals surface area (Å²) in [6.07, 6.45) is 74.0. The number of rotatable bonds is 75. The maximum absolute atomic E-state index is 17.1. The van der Waals surface area contributed by atoms with Crippen LogP contribution < -0.4 is 0 Å².